The van der Waals surface area contributed by atoms with Crippen LogP contribution in [0.4, 0.5) is 0 Å². The van der Waals surface area contributed by atoms with Gasteiger partial charge in [0, 0.05) is 0 Å². The van der Waals surface area contributed by atoms with Gasteiger partial charge in [-0.3, -0.25) is 0 Å². The van der Waals surface area contributed by atoms with Gasteiger partial charge in [0.1, 0.15) is 6.10 Å². The van der Waals surface area contributed by atoms with E-state index in [1.165, 1.54) is 0 Å². The normalized spacial score (nSPS) is 19.8. The number of hydrogen-bond acceptors (Lipinski definition) is 4. The molecule has 0 bridgehead atoms. The number of nitriles is 2. The molecule has 0 aliphatic heterocycles. The van der Waals surface area contributed by atoms with Crippen molar-refractivity contribution < 1.29 is 10.2 Å². The maximum Gasteiger partial charge on any atom is 0.170 e. The Balaban J connectivity index is 2.20. The van der Waals surface area contributed by atoms with Crippen LogP contribution in [0.5, 0.6) is 0 Å². The van der Waals surface area contributed by atoms with E-state index in [0.29, 0.717) is 5.56 Å². The number of aliphatic hydroxyl groups excluding tert-OH is 2. The topological polar surface area (TPSA) is 88.0 Å². The van der Waals surface area contributed by atoms with Crippen LogP contribution in [0.2, 0.25) is 0 Å². The maximum atomic E-state index is 9.62. The summed E-state index contributed by atoms with van der Waals surface area (Å²) in [4.78, 5) is 0. The van der Waals surface area contributed by atoms with E-state index in [9.17, 15) is 10.2 Å². The van der Waals surface area contributed by atoms with Crippen molar-refractivity contribution in [3.63, 3.8) is 0 Å². The van der Waals surface area contributed by atoms with Crippen molar-refractivity contribution in [2.24, 2.45) is 0 Å². The van der Waals surface area contributed by atoms with Gasteiger partial charge in [0.25, 0.3) is 0 Å². The van der Waals surface area contributed by atoms with Crippen molar-refractivity contribution in [1.82, 2.24) is 0 Å². The lowest BCUT2D eigenvalue weighted by Gasteiger charge is -2.13. The summed E-state index contributed by atoms with van der Waals surface area (Å²) in [7, 11) is 0. The van der Waals surface area contributed by atoms with Gasteiger partial charge in [-0.2, -0.15) is 10.5 Å². The Kier molecular flexibility index (Phi) is 2.85. The zero-order chi connectivity index (χ0) is 12.5. The monoisotopic (exact) mass is 228 g/mol. The molecule has 4 heteroatoms. The van der Waals surface area contributed by atoms with Crippen LogP contribution in [0.3, 0.4) is 0 Å². The maximum absolute atomic E-state index is 9.62. The molecule has 17 heavy (non-hydrogen) atoms. The Morgan fingerprint density at radius 1 is 1.12 bits per heavy atom. The molecule has 0 amide bonds. The van der Waals surface area contributed by atoms with Gasteiger partial charge in [-0.25, -0.2) is 0 Å². The van der Waals surface area contributed by atoms with Crippen LogP contribution in [0.15, 0.2) is 24.3 Å². The number of benzene rings is 1. The van der Waals surface area contributed by atoms with E-state index in [0.717, 1.165) is 18.4 Å². The van der Waals surface area contributed by atoms with E-state index in [4.69, 9.17) is 10.5 Å². The van der Waals surface area contributed by atoms with E-state index in [-0.39, 0.29) is 5.41 Å². The van der Waals surface area contributed by atoms with Crippen molar-refractivity contribution in [3.05, 3.63) is 35.4 Å². The number of aliphatic hydroxyl groups is 2. The molecule has 2 unspecified atom stereocenters. The summed E-state index contributed by atoms with van der Waals surface area (Å²) in [5.74, 6) is 0. The highest BCUT2D eigenvalue weighted by Gasteiger charge is 2.44. The Morgan fingerprint density at radius 2 is 1.71 bits per heavy atom. The Bertz CT molecular complexity index is 492. The molecule has 2 rings (SSSR count). The highest BCUT2D eigenvalue weighted by Crippen LogP contribution is 2.47. The van der Waals surface area contributed by atoms with E-state index in [1.54, 1.807) is 30.3 Å². The average molecular weight is 228 g/mol. The Labute approximate surface area is 99.4 Å². The number of nitrogens with zero attached hydrogens (tertiary/aromatic N) is 2. The van der Waals surface area contributed by atoms with Crippen molar-refractivity contribution in [1.29, 1.82) is 10.5 Å². The molecule has 4 nitrogen and oxygen atoms in total. The van der Waals surface area contributed by atoms with Gasteiger partial charge in [-0.05, 0) is 24.0 Å². The molecule has 0 saturated heterocycles. The summed E-state index contributed by atoms with van der Waals surface area (Å²) in [5, 5.41) is 36.3. The summed E-state index contributed by atoms with van der Waals surface area (Å²) in [6, 6.07) is 10.7. The molecule has 2 N–H and O–H groups in total. The second-order valence-corrected chi connectivity index (χ2v) is 4.33. The average Bonchev–Trinajstić information content (AvgIpc) is 3.18. The second kappa shape index (κ2) is 4.18. The molecule has 1 saturated carbocycles. The van der Waals surface area contributed by atoms with Crippen molar-refractivity contribution in [2.75, 3.05) is 0 Å². The number of hydrogen-bond donors (Lipinski definition) is 2. The van der Waals surface area contributed by atoms with Crippen LogP contribution in [-0.4, -0.2) is 16.3 Å². The van der Waals surface area contributed by atoms with Crippen LogP contribution >= 0.6 is 0 Å². The smallest absolute Gasteiger partial charge is 0.170 e. The summed E-state index contributed by atoms with van der Waals surface area (Å²) >= 11 is 0. The molecule has 2 atom stereocenters. The van der Waals surface area contributed by atoms with Crippen LogP contribution in [0, 0.1) is 22.7 Å². The Morgan fingerprint density at radius 3 is 2.12 bits per heavy atom. The first-order chi connectivity index (χ1) is 8.13. The zero-order valence-electron chi connectivity index (χ0n) is 9.17. The predicted octanol–water partition coefficient (Wildman–Crippen LogP) is 1.16. The quantitative estimate of drug-likeness (QED) is 0.760. The summed E-state index contributed by atoms with van der Waals surface area (Å²) in [5.41, 5.74) is 1.07. The van der Waals surface area contributed by atoms with Crippen LogP contribution in [0.25, 0.3) is 0 Å². The minimum Gasteiger partial charge on any atom is -0.385 e. The zero-order valence-corrected chi connectivity index (χ0v) is 9.17. The number of rotatable bonds is 3. The minimum absolute atomic E-state index is 0.350. The molecule has 0 aromatic heterocycles. The highest BCUT2D eigenvalue weighted by atomic mass is 16.3. The van der Waals surface area contributed by atoms with Gasteiger partial charge in [-0.15, -0.1) is 0 Å². The van der Waals surface area contributed by atoms with Crippen molar-refractivity contribution in [3.8, 4) is 12.1 Å². The predicted molar refractivity (Wildman–Crippen MR) is 59.5 cm³/mol. The lowest BCUT2D eigenvalue weighted by molar-refractivity contribution is 0.0528. The van der Waals surface area contributed by atoms with Crippen LogP contribution in [0.1, 0.15) is 30.1 Å². The molecule has 1 aliphatic rings. The lowest BCUT2D eigenvalue weighted by Crippen LogP contribution is -2.15. The van der Waals surface area contributed by atoms with E-state index >= 15 is 0 Å². The summed E-state index contributed by atoms with van der Waals surface area (Å²) in [6.07, 6.45) is -0.892. The van der Waals surface area contributed by atoms with Gasteiger partial charge < -0.3 is 10.2 Å². The third kappa shape index (κ3) is 2.01. The molecule has 1 fully saturated rings. The fraction of sp³-hybridized carbons (Fsp3) is 0.385. The summed E-state index contributed by atoms with van der Waals surface area (Å²) < 4.78 is 0. The van der Waals surface area contributed by atoms with Gasteiger partial charge in [0.2, 0.25) is 0 Å². The first-order valence-electron chi connectivity index (χ1n) is 5.40. The van der Waals surface area contributed by atoms with Crippen molar-refractivity contribution in [2.45, 2.75) is 30.5 Å². The highest BCUT2D eigenvalue weighted by molar-refractivity contribution is 5.40. The van der Waals surface area contributed by atoms with Crippen LogP contribution in [-0.2, 0) is 5.41 Å². The second-order valence-electron chi connectivity index (χ2n) is 4.33. The lowest BCUT2D eigenvalue weighted by atomic mass is 9.95. The SMILES string of the molecule is N#CC(O)C(O)c1ccc(C2(C#N)CC2)cc1. The molecule has 0 spiro atoms. The first-order valence-corrected chi connectivity index (χ1v) is 5.40. The minimum atomic E-state index is -1.42. The fourth-order valence-electron chi connectivity index (χ4n) is 1.84. The van der Waals surface area contributed by atoms with Gasteiger partial charge in [0.05, 0.1) is 17.6 Å². The molecule has 1 aromatic rings. The van der Waals surface area contributed by atoms with Gasteiger partial charge >= 0.3 is 0 Å². The molecule has 1 aliphatic carbocycles. The van der Waals surface area contributed by atoms with Crippen LogP contribution < -0.4 is 0 Å². The van der Waals surface area contributed by atoms with E-state index < -0.39 is 12.2 Å². The summed E-state index contributed by atoms with van der Waals surface area (Å²) in [6.45, 7) is 0. The molecule has 0 radical (unpaired) electrons. The van der Waals surface area contributed by atoms with Crippen molar-refractivity contribution >= 4 is 0 Å². The molecule has 0 heterocycles. The third-order valence-corrected chi connectivity index (χ3v) is 3.20. The fourth-order valence-corrected chi connectivity index (χ4v) is 1.84. The standard InChI is InChI=1S/C13H12N2O2/c14-7-11(16)12(17)9-1-3-10(4-2-9)13(8-15)5-6-13/h1-4,11-12,16-17H,5-6H2. The molecular formula is C13H12N2O2. The van der Waals surface area contributed by atoms with Gasteiger partial charge in [0.15, 0.2) is 6.10 Å². The first kappa shape index (κ1) is 11.6. The third-order valence-electron chi connectivity index (χ3n) is 3.20. The molecular weight excluding hydrogens is 216 g/mol. The van der Waals surface area contributed by atoms with E-state index in [2.05, 4.69) is 6.07 Å². The van der Waals surface area contributed by atoms with Gasteiger partial charge in [-0.1, -0.05) is 24.3 Å². The molecule has 86 valence electrons. The largest absolute Gasteiger partial charge is 0.385 e. The van der Waals surface area contributed by atoms with E-state index in [1.807, 2.05) is 0 Å². The Hall–Kier alpha value is -1.88. The molecule has 1 aromatic carbocycles.